The molecule has 0 fully saturated rings. The van der Waals surface area contributed by atoms with Crippen LogP contribution >= 0.6 is 11.3 Å². The minimum atomic E-state index is 0.881. The van der Waals surface area contributed by atoms with E-state index < -0.39 is 0 Å². The minimum Gasteiger partial charge on any atom is -0.316 e. The van der Waals surface area contributed by atoms with Crippen molar-refractivity contribution in [1.82, 2.24) is 15.2 Å². The molecule has 1 aromatic heterocycles. The molecule has 84 valence electrons. The van der Waals surface area contributed by atoms with E-state index >= 15 is 0 Å². The smallest absolute Gasteiger partial charge is 0.0798 e. The Bertz CT molecular complexity index is 319. The van der Waals surface area contributed by atoms with Gasteiger partial charge < -0.3 is 5.32 Å². The standard InChI is InChI=1S/C11H19N3S/c1-9(5-12-3)6-14(4)7-11-10(2)13-8-15-11/h8,12H,1,5-7H2,2-4H3. The first-order valence-corrected chi connectivity index (χ1v) is 5.90. The molecule has 15 heavy (non-hydrogen) atoms. The molecule has 0 spiro atoms. The summed E-state index contributed by atoms with van der Waals surface area (Å²) in [4.78, 5) is 7.85. The number of nitrogens with one attached hydrogen (secondary N) is 1. The molecule has 0 unspecified atom stereocenters. The van der Waals surface area contributed by atoms with Gasteiger partial charge in [-0.05, 0) is 26.6 Å². The summed E-state index contributed by atoms with van der Waals surface area (Å²) in [6, 6.07) is 0. The summed E-state index contributed by atoms with van der Waals surface area (Å²) in [5.74, 6) is 0. The number of rotatable bonds is 6. The molecule has 0 atom stereocenters. The van der Waals surface area contributed by atoms with Gasteiger partial charge in [0, 0.05) is 24.5 Å². The fraction of sp³-hybridized carbons (Fsp3) is 0.545. The number of nitrogens with zero attached hydrogens (tertiary/aromatic N) is 2. The highest BCUT2D eigenvalue weighted by atomic mass is 32.1. The lowest BCUT2D eigenvalue weighted by molar-refractivity contribution is 0.355. The van der Waals surface area contributed by atoms with E-state index in [-0.39, 0.29) is 0 Å². The molecule has 0 aliphatic carbocycles. The topological polar surface area (TPSA) is 28.2 Å². The Morgan fingerprint density at radius 1 is 1.67 bits per heavy atom. The molecule has 0 aliphatic heterocycles. The lowest BCUT2D eigenvalue weighted by atomic mass is 10.2. The third kappa shape index (κ3) is 4.11. The summed E-state index contributed by atoms with van der Waals surface area (Å²) in [7, 11) is 4.05. The van der Waals surface area contributed by atoms with Crippen molar-refractivity contribution in [3.05, 3.63) is 28.2 Å². The van der Waals surface area contributed by atoms with E-state index in [1.807, 2.05) is 12.6 Å². The molecule has 1 aromatic rings. The highest BCUT2D eigenvalue weighted by molar-refractivity contribution is 7.09. The zero-order valence-corrected chi connectivity index (χ0v) is 10.5. The highest BCUT2D eigenvalue weighted by Gasteiger charge is 2.06. The van der Waals surface area contributed by atoms with Crippen LogP contribution in [0, 0.1) is 6.92 Å². The van der Waals surface area contributed by atoms with Gasteiger partial charge in [0.15, 0.2) is 0 Å². The van der Waals surface area contributed by atoms with Crippen LogP contribution in [-0.2, 0) is 6.54 Å². The van der Waals surface area contributed by atoms with Gasteiger partial charge in [-0.25, -0.2) is 4.98 Å². The fourth-order valence-corrected chi connectivity index (χ4v) is 2.32. The first-order chi connectivity index (χ1) is 7.13. The molecule has 3 nitrogen and oxygen atoms in total. The van der Waals surface area contributed by atoms with Crippen LogP contribution in [0.1, 0.15) is 10.6 Å². The predicted molar refractivity (Wildman–Crippen MR) is 66.3 cm³/mol. The van der Waals surface area contributed by atoms with E-state index in [4.69, 9.17) is 0 Å². The number of aryl methyl sites for hydroxylation is 1. The van der Waals surface area contributed by atoms with Crippen LogP contribution in [0.15, 0.2) is 17.7 Å². The predicted octanol–water partition coefficient (Wildman–Crippen LogP) is 1.66. The van der Waals surface area contributed by atoms with Gasteiger partial charge >= 0.3 is 0 Å². The van der Waals surface area contributed by atoms with Crippen molar-refractivity contribution < 1.29 is 0 Å². The molecule has 0 radical (unpaired) electrons. The van der Waals surface area contributed by atoms with Crippen molar-refractivity contribution in [2.75, 3.05) is 27.2 Å². The Hall–Kier alpha value is -0.710. The Kier molecular flexibility index (Phi) is 4.94. The molecule has 1 rings (SSSR count). The number of aromatic nitrogens is 1. The maximum Gasteiger partial charge on any atom is 0.0798 e. The van der Waals surface area contributed by atoms with Crippen LogP contribution < -0.4 is 5.32 Å². The first kappa shape index (κ1) is 12.4. The average Bonchev–Trinajstić information content (AvgIpc) is 2.52. The summed E-state index contributed by atoms with van der Waals surface area (Å²) < 4.78 is 0. The zero-order chi connectivity index (χ0) is 11.3. The third-order valence-electron chi connectivity index (χ3n) is 2.18. The summed E-state index contributed by atoms with van der Waals surface area (Å²) in [6.45, 7) is 8.84. The van der Waals surface area contributed by atoms with Crippen LogP contribution in [0.25, 0.3) is 0 Å². The van der Waals surface area contributed by atoms with E-state index in [0.717, 1.165) is 25.3 Å². The van der Waals surface area contributed by atoms with Crippen LogP contribution in [0.2, 0.25) is 0 Å². The van der Waals surface area contributed by atoms with E-state index in [1.165, 1.54) is 10.5 Å². The summed E-state index contributed by atoms with van der Waals surface area (Å²) >= 11 is 1.72. The number of thiazole rings is 1. The van der Waals surface area contributed by atoms with Crippen molar-refractivity contribution in [2.24, 2.45) is 0 Å². The largest absolute Gasteiger partial charge is 0.316 e. The Morgan fingerprint density at radius 3 is 2.93 bits per heavy atom. The number of likely N-dealkylation sites (N-methyl/N-ethyl adjacent to an activating group) is 2. The second-order valence-corrected chi connectivity index (χ2v) is 4.75. The SMILES string of the molecule is C=C(CNC)CN(C)Cc1scnc1C. The Balaban J connectivity index is 2.39. The van der Waals surface area contributed by atoms with Crippen LogP contribution in [-0.4, -0.2) is 37.1 Å². The maximum absolute atomic E-state index is 4.24. The molecular weight excluding hydrogens is 206 g/mol. The monoisotopic (exact) mass is 225 g/mol. The van der Waals surface area contributed by atoms with Gasteiger partial charge in [-0.2, -0.15) is 0 Å². The van der Waals surface area contributed by atoms with Gasteiger partial charge in [0.2, 0.25) is 0 Å². The lowest BCUT2D eigenvalue weighted by Crippen LogP contribution is -2.24. The number of hydrogen-bond acceptors (Lipinski definition) is 4. The normalized spacial score (nSPS) is 10.9. The molecule has 0 saturated carbocycles. The average molecular weight is 225 g/mol. The fourth-order valence-electron chi connectivity index (χ4n) is 1.47. The van der Waals surface area contributed by atoms with Gasteiger partial charge in [-0.3, -0.25) is 4.90 Å². The van der Waals surface area contributed by atoms with Crippen molar-refractivity contribution in [3.63, 3.8) is 0 Å². The van der Waals surface area contributed by atoms with Crippen molar-refractivity contribution >= 4 is 11.3 Å². The highest BCUT2D eigenvalue weighted by Crippen LogP contribution is 2.14. The minimum absolute atomic E-state index is 0.881. The zero-order valence-electron chi connectivity index (χ0n) is 9.71. The van der Waals surface area contributed by atoms with Crippen LogP contribution in [0.3, 0.4) is 0 Å². The van der Waals surface area contributed by atoms with Gasteiger partial charge in [0.25, 0.3) is 0 Å². The van der Waals surface area contributed by atoms with Crippen molar-refractivity contribution in [3.8, 4) is 0 Å². The summed E-state index contributed by atoms with van der Waals surface area (Å²) in [5, 5.41) is 3.11. The van der Waals surface area contributed by atoms with E-state index in [2.05, 4.69) is 35.8 Å². The number of hydrogen-bond donors (Lipinski definition) is 1. The first-order valence-electron chi connectivity index (χ1n) is 5.02. The summed E-state index contributed by atoms with van der Waals surface area (Å²) in [6.07, 6.45) is 0. The molecule has 0 aliphatic rings. The van der Waals surface area contributed by atoms with Crippen molar-refractivity contribution in [1.29, 1.82) is 0 Å². The van der Waals surface area contributed by atoms with E-state index in [9.17, 15) is 0 Å². The van der Waals surface area contributed by atoms with E-state index in [0.29, 0.717) is 0 Å². The van der Waals surface area contributed by atoms with Crippen molar-refractivity contribution in [2.45, 2.75) is 13.5 Å². The Morgan fingerprint density at radius 2 is 2.40 bits per heavy atom. The molecule has 0 aromatic carbocycles. The van der Waals surface area contributed by atoms with E-state index in [1.54, 1.807) is 11.3 Å². The molecule has 1 N–H and O–H groups in total. The summed E-state index contributed by atoms with van der Waals surface area (Å²) in [5.41, 5.74) is 4.26. The molecule has 0 bridgehead atoms. The molecule has 0 saturated heterocycles. The third-order valence-corrected chi connectivity index (χ3v) is 3.10. The van der Waals surface area contributed by atoms with Crippen LogP contribution in [0.5, 0.6) is 0 Å². The van der Waals surface area contributed by atoms with Crippen LogP contribution in [0.4, 0.5) is 0 Å². The second-order valence-electron chi connectivity index (χ2n) is 3.81. The Labute approximate surface area is 95.8 Å². The van der Waals surface area contributed by atoms with Gasteiger partial charge in [-0.15, -0.1) is 11.3 Å². The van der Waals surface area contributed by atoms with Gasteiger partial charge in [0.1, 0.15) is 0 Å². The maximum atomic E-state index is 4.24. The van der Waals surface area contributed by atoms with Gasteiger partial charge in [-0.1, -0.05) is 6.58 Å². The molecule has 4 heteroatoms. The molecular formula is C11H19N3S. The van der Waals surface area contributed by atoms with Gasteiger partial charge in [0.05, 0.1) is 11.2 Å². The second kappa shape index (κ2) is 6.00. The lowest BCUT2D eigenvalue weighted by Gasteiger charge is -2.17. The molecule has 0 amide bonds. The quantitative estimate of drug-likeness (QED) is 0.746. The molecule has 1 heterocycles.